The Bertz CT molecular complexity index is 608. The predicted octanol–water partition coefficient (Wildman–Crippen LogP) is 1.17. The van der Waals surface area contributed by atoms with Crippen LogP contribution >= 0.6 is 0 Å². The summed E-state index contributed by atoms with van der Waals surface area (Å²) in [5.41, 5.74) is 2.09. The Kier molecular flexibility index (Phi) is 4.26. The lowest BCUT2D eigenvalue weighted by atomic mass is 10.4. The Morgan fingerprint density at radius 3 is 2.57 bits per heavy atom. The van der Waals surface area contributed by atoms with Crippen LogP contribution < -0.4 is 16.6 Å². The number of alkyl halides is 3. The second-order valence-corrected chi connectivity index (χ2v) is 4.24. The van der Waals surface area contributed by atoms with E-state index >= 15 is 0 Å². The van der Waals surface area contributed by atoms with Gasteiger partial charge < -0.3 is 15.3 Å². The van der Waals surface area contributed by atoms with Crippen LogP contribution in [0.25, 0.3) is 0 Å². The number of nitrogens with two attached hydrogens (primary N) is 1. The molecule has 0 aromatic carbocycles. The van der Waals surface area contributed by atoms with Crippen molar-refractivity contribution in [1.29, 1.82) is 0 Å². The summed E-state index contributed by atoms with van der Waals surface area (Å²) < 4.78 is 39.8. The zero-order valence-electron chi connectivity index (χ0n) is 11.1. The maximum atomic E-state index is 12.6. The van der Waals surface area contributed by atoms with Crippen LogP contribution in [-0.4, -0.2) is 26.1 Å². The maximum Gasteiger partial charge on any atom is 0.451 e. The molecule has 0 unspecified atom stereocenters. The van der Waals surface area contributed by atoms with Crippen LogP contribution in [0.4, 0.5) is 24.8 Å². The van der Waals surface area contributed by atoms with E-state index in [0.717, 1.165) is 5.82 Å². The first-order valence-electron chi connectivity index (χ1n) is 6.03. The zero-order valence-corrected chi connectivity index (χ0v) is 11.1. The molecule has 0 spiro atoms. The molecule has 0 aliphatic heterocycles. The fraction of sp³-hybridized carbons (Fsp3) is 0.364. The third kappa shape index (κ3) is 3.81. The van der Waals surface area contributed by atoms with Crippen molar-refractivity contribution in [3.63, 3.8) is 0 Å². The van der Waals surface area contributed by atoms with Crippen LogP contribution in [0.2, 0.25) is 0 Å². The standard InChI is InChI=1S/C11H14F3N7/c1-21-5-4-17-9(21)2-3-16-7-6-8(20-15)19-10(18-7)11(12,13)14/h4-6H,2-3,15H2,1H3,(H2,16,18,19,20). The van der Waals surface area contributed by atoms with Gasteiger partial charge in [-0.15, -0.1) is 0 Å². The topological polar surface area (TPSA) is 93.7 Å². The highest BCUT2D eigenvalue weighted by molar-refractivity contribution is 5.47. The van der Waals surface area contributed by atoms with E-state index in [1.54, 1.807) is 12.4 Å². The van der Waals surface area contributed by atoms with E-state index in [1.807, 2.05) is 11.6 Å². The summed E-state index contributed by atoms with van der Waals surface area (Å²) in [6.45, 7) is 0.378. The summed E-state index contributed by atoms with van der Waals surface area (Å²) in [6.07, 6.45) is -0.653. The summed E-state index contributed by atoms with van der Waals surface area (Å²) in [6, 6.07) is 1.30. The molecule has 10 heteroatoms. The summed E-state index contributed by atoms with van der Waals surface area (Å²) in [7, 11) is 1.84. The normalized spacial score (nSPS) is 11.5. The first-order chi connectivity index (χ1) is 9.90. The van der Waals surface area contributed by atoms with Crippen molar-refractivity contribution < 1.29 is 13.2 Å². The van der Waals surface area contributed by atoms with Crippen molar-refractivity contribution in [3.8, 4) is 0 Å². The lowest BCUT2D eigenvalue weighted by Gasteiger charge is -2.11. The minimum atomic E-state index is -4.64. The second-order valence-electron chi connectivity index (χ2n) is 4.24. The summed E-state index contributed by atoms with van der Waals surface area (Å²) in [5, 5.41) is 2.80. The molecule has 21 heavy (non-hydrogen) atoms. The molecular weight excluding hydrogens is 287 g/mol. The van der Waals surface area contributed by atoms with Crippen LogP contribution in [0, 0.1) is 0 Å². The third-order valence-corrected chi connectivity index (χ3v) is 2.70. The van der Waals surface area contributed by atoms with Crippen LogP contribution in [0.3, 0.4) is 0 Å². The first-order valence-corrected chi connectivity index (χ1v) is 6.03. The van der Waals surface area contributed by atoms with Crippen LogP contribution in [-0.2, 0) is 19.6 Å². The van der Waals surface area contributed by atoms with Crippen molar-refractivity contribution >= 4 is 11.6 Å². The molecule has 0 saturated carbocycles. The lowest BCUT2D eigenvalue weighted by Crippen LogP contribution is -2.18. The van der Waals surface area contributed by atoms with Crippen molar-refractivity contribution in [2.75, 3.05) is 17.3 Å². The monoisotopic (exact) mass is 301 g/mol. The van der Waals surface area contributed by atoms with Gasteiger partial charge in [-0.25, -0.2) is 20.8 Å². The highest BCUT2D eigenvalue weighted by atomic mass is 19.4. The second kappa shape index (κ2) is 5.95. The quantitative estimate of drug-likeness (QED) is 0.567. The fourth-order valence-corrected chi connectivity index (χ4v) is 1.68. The molecule has 4 N–H and O–H groups in total. The molecule has 7 nitrogen and oxygen atoms in total. The van der Waals surface area contributed by atoms with Crippen molar-refractivity contribution in [3.05, 3.63) is 30.1 Å². The number of aryl methyl sites for hydroxylation is 1. The number of nitrogens with one attached hydrogen (secondary N) is 2. The largest absolute Gasteiger partial charge is 0.451 e. The molecule has 0 saturated heterocycles. The van der Waals surface area contributed by atoms with Crippen LogP contribution in [0.5, 0.6) is 0 Å². The molecule has 114 valence electrons. The molecule has 2 rings (SSSR count). The van der Waals surface area contributed by atoms with Gasteiger partial charge in [0.05, 0.1) is 0 Å². The molecule has 0 aliphatic carbocycles. The molecular formula is C11H14F3N7. The number of nitrogen functional groups attached to an aromatic ring is 1. The summed E-state index contributed by atoms with van der Waals surface area (Å²) >= 11 is 0. The van der Waals surface area contributed by atoms with Gasteiger partial charge in [0.2, 0.25) is 5.82 Å². The van der Waals surface area contributed by atoms with E-state index in [-0.39, 0.29) is 11.6 Å². The summed E-state index contributed by atoms with van der Waals surface area (Å²) in [4.78, 5) is 10.8. The van der Waals surface area contributed by atoms with Gasteiger partial charge in [-0.05, 0) is 0 Å². The van der Waals surface area contributed by atoms with Crippen LogP contribution in [0.1, 0.15) is 11.6 Å². The highest BCUT2D eigenvalue weighted by Crippen LogP contribution is 2.28. The van der Waals surface area contributed by atoms with Gasteiger partial charge in [-0.2, -0.15) is 13.2 Å². The van der Waals surface area contributed by atoms with E-state index in [4.69, 9.17) is 5.84 Å². The number of nitrogens with zero attached hydrogens (tertiary/aromatic N) is 4. The average Bonchev–Trinajstić information content (AvgIpc) is 2.83. The van der Waals surface area contributed by atoms with E-state index in [1.165, 1.54) is 6.07 Å². The Hall–Kier alpha value is -2.36. The Morgan fingerprint density at radius 1 is 1.29 bits per heavy atom. The zero-order chi connectivity index (χ0) is 15.5. The van der Waals surface area contributed by atoms with E-state index < -0.39 is 12.0 Å². The van der Waals surface area contributed by atoms with E-state index in [0.29, 0.717) is 13.0 Å². The van der Waals surface area contributed by atoms with Crippen molar-refractivity contribution in [2.24, 2.45) is 12.9 Å². The molecule has 0 amide bonds. The Labute approximate surface area is 118 Å². The maximum absolute atomic E-state index is 12.6. The molecule has 0 bridgehead atoms. The number of imidazole rings is 1. The molecule has 0 radical (unpaired) electrons. The fourth-order valence-electron chi connectivity index (χ4n) is 1.68. The molecule has 2 aromatic heterocycles. The SMILES string of the molecule is Cn1ccnc1CCNc1cc(NN)nc(C(F)(F)F)n1. The lowest BCUT2D eigenvalue weighted by molar-refractivity contribution is -0.144. The number of halogens is 3. The van der Waals surface area contributed by atoms with Crippen LogP contribution in [0.15, 0.2) is 18.5 Å². The minimum Gasteiger partial charge on any atom is -0.369 e. The van der Waals surface area contributed by atoms with Crippen molar-refractivity contribution in [1.82, 2.24) is 19.5 Å². The Morgan fingerprint density at radius 2 is 2.00 bits per heavy atom. The van der Waals surface area contributed by atoms with Gasteiger partial charge in [0.15, 0.2) is 0 Å². The highest BCUT2D eigenvalue weighted by Gasteiger charge is 2.35. The molecule has 2 heterocycles. The molecule has 0 atom stereocenters. The molecule has 0 fully saturated rings. The molecule has 2 aromatic rings. The molecule has 0 aliphatic rings. The number of hydrogen-bond acceptors (Lipinski definition) is 6. The first kappa shape index (κ1) is 15.0. The minimum absolute atomic E-state index is 0.0412. The van der Waals surface area contributed by atoms with Gasteiger partial charge in [0.1, 0.15) is 17.5 Å². The van der Waals surface area contributed by atoms with Gasteiger partial charge in [-0.1, -0.05) is 0 Å². The average molecular weight is 301 g/mol. The van der Waals surface area contributed by atoms with Gasteiger partial charge in [0.25, 0.3) is 0 Å². The Balaban J connectivity index is 2.07. The predicted molar refractivity (Wildman–Crippen MR) is 70.2 cm³/mol. The van der Waals surface area contributed by atoms with Gasteiger partial charge in [0, 0.05) is 38.5 Å². The van der Waals surface area contributed by atoms with E-state index in [9.17, 15) is 13.2 Å². The third-order valence-electron chi connectivity index (χ3n) is 2.70. The smallest absolute Gasteiger partial charge is 0.369 e. The number of anilines is 2. The number of rotatable bonds is 5. The number of hydrazine groups is 1. The van der Waals surface area contributed by atoms with Gasteiger partial charge >= 0.3 is 6.18 Å². The van der Waals surface area contributed by atoms with Crippen molar-refractivity contribution in [2.45, 2.75) is 12.6 Å². The van der Waals surface area contributed by atoms with Gasteiger partial charge in [-0.3, -0.25) is 0 Å². The number of hydrogen-bond donors (Lipinski definition) is 3. The summed E-state index contributed by atoms with van der Waals surface area (Å²) in [5.74, 6) is 4.59. The number of aromatic nitrogens is 4. The van der Waals surface area contributed by atoms with E-state index in [2.05, 4.69) is 25.7 Å².